The van der Waals surface area contributed by atoms with Crippen molar-refractivity contribution in [3.05, 3.63) is 35.5 Å². The number of rotatable bonds is 2. The molecule has 2 aliphatic heterocycles. The number of likely N-dealkylation sites (tertiary alicyclic amines) is 1. The lowest BCUT2D eigenvalue weighted by Crippen LogP contribution is -2.57. The molecule has 4 rings (SSSR count). The van der Waals surface area contributed by atoms with Gasteiger partial charge in [0.25, 0.3) is 5.91 Å². The zero-order valence-electron chi connectivity index (χ0n) is 13.8. The van der Waals surface area contributed by atoms with Crippen molar-refractivity contribution in [1.29, 1.82) is 0 Å². The molecule has 1 fully saturated rings. The van der Waals surface area contributed by atoms with Gasteiger partial charge in [0.1, 0.15) is 0 Å². The molecule has 6 nitrogen and oxygen atoms in total. The zero-order valence-corrected chi connectivity index (χ0v) is 13.8. The van der Waals surface area contributed by atoms with Crippen molar-refractivity contribution in [3.63, 3.8) is 0 Å². The first-order chi connectivity index (χ1) is 11.6. The third-order valence-electron chi connectivity index (χ3n) is 5.43. The maximum atomic E-state index is 12.7. The minimum Gasteiger partial charge on any atom is -0.366 e. The van der Waals surface area contributed by atoms with E-state index in [9.17, 15) is 9.59 Å². The summed E-state index contributed by atoms with van der Waals surface area (Å²) >= 11 is 0. The Bertz CT molecular complexity index is 841. The van der Waals surface area contributed by atoms with E-state index in [-0.39, 0.29) is 5.91 Å². The largest absolute Gasteiger partial charge is 0.366 e. The van der Waals surface area contributed by atoms with Crippen molar-refractivity contribution in [2.75, 3.05) is 13.1 Å². The summed E-state index contributed by atoms with van der Waals surface area (Å²) in [6.07, 6.45) is 2.25. The number of nitrogens with zero attached hydrogens (tertiary/aromatic N) is 2. The second-order valence-electron chi connectivity index (χ2n) is 6.66. The quantitative estimate of drug-likeness (QED) is 0.866. The summed E-state index contributed by atoms with van der Waals surface area (Å²) < 4.78 is 2.04. The fourth-order valence-electron chi connectivity index (χ4n) is 4.49. The van der Waals surface area contributed by atoms with Gasteiger partial charge in [0, 0.05) is 37.5 Å². The predicted octanol–water partition coefficient (Wildman–Crippen LogP) is 1.07. The molecule has 2 aromatic rings. The van der Waals surface area contributed by atoms with E-state index >= 15 is 0 Å². The van der Waals surface area contributed by atoms with E-state index in [0.29, 0.717) is 19.5 Å². The number of nitrogens with one attached hydrogen (secondary N) is 1. The minimum atomic E-state index is -1.10. The van der Waals surface area contributed by atoms with Gasteiger partial charge in [0.2, 0.25) is 5.91 Å². The molecule has 2 aliphatic rings. The number of hydrogen-bond donors (Lipinski definition) is 2. The fraction of sp³-hybridized carbons (Fsp3) is 0.444. The third-order valence-corrected chi connectivity index (χ3v) is 5.43. The molecule has 0 radical (unpaired) electrons. The molecule has 0 aliphatic carbocycles. The topological polar surface area (TPSA) is 80.4 Å². The lowest BCUT2D eigenvalue weighted by molar-refractivity contribution is -0.147. The van der Waals surface area contributed by atoms with Crippen LogP contribution in [0.3, 0.4) is 0 Å². The van der Waals surface area contributed by atoms with Crippen molar-refractivity contribution >= 4 is 22.7 Å². The second kappa shape index (κ2) is 5.34. The van der Waals surface area contributed by atoms with Crippen molar-refractivity contribution in [2.24, 2.45) is 5.73 Å². The van der Waals surface area contributed by atoms with Crippen LogP contribution in [0.5, 0.6) is 0 Å². The van der Waals surface area contributed by atoms with E-state index in [1.165, 1.54) is 12.5 Å². The van der Waals surface area contributed by atoms with Crippen LogP contribution < -0.4 is 11.1 Å². The van der Waals surface area contributed by atoms with Crippen LogP contribution >= 0.6 is 0 Å². The van der Waals surface area contributed by atoms with Crippen molar-refractivity contribution in [3.8, 4) is 0 Å². The van der Waals surface area contributed by atoms with Gasteiger partial charge in [0.15, 0.2) is 5.66 Å². The van der Waals surface area contributed by atoms with E-state index in [4.69, 9.17) is 5.73 Å². The Labute approximate surface area is 140 Å². The first-order valence-electron chi connectivity index (χ1n) is 8.48. The Balaban J connectivity index is 2.07. The molecule has 2 amide bonds. The molecule has 1 saturated heterocycles. The minimum absolute atomic E-state index is 0.110. The number of aromatic nitrogens is 1. The van der Waals surface area contributed by atoms with Gasteiger partial charge in [0.05, 0.1) is 5.52 Å². The van der Waals surface area contributed by atoms with E-state index in [1.807, 2.05) is 22.8 Å². The average molecular weight is 326 g/mol. The molecule has 0 spiro atoms. The highest BCUT2D eigenvalue weighted by Crippen LogP contribution is 2.41. The van der Waals surface area contributed by atoms with E-state index < -0.39 is 11.6 Å². The Morgan fingerprint density at radius 1 is 1.29 bits per heavy atom. The normalized spacial score (nSPS) is 23.5. The van der Waals surface area contributed by atoms with Crippen LogP contribution in [0, 0.1) is 0 Å². The van der Waals surface area contributed by atoms with Gasteiger partial charge in [-0.1, -0.05) is 18.2 Å². The maximum absolute atomic E-state index is 12.7. The molecule has 24 heavy (non-hydrogen) atoms. The summed E-state index contributed by atoms with van der Waals surface area (Å²) in [6, 6.07) is 8.11. The molecule has 6 heteroatoms. The van der Waals surface area contributed by atoms with Gasteiger partial charge < -0.3 is 20.5 Å². The Morgan fingerprint density at radius 3 is 2.83 bits per heavy atom. The number of primary amides is 1. The van der Waals surface area contributed by atoms with E-state index in [0.717, 1.165) is 36.0 Å². The van der Waals surface area contributed by atoms with Gasteiger partial charge in [-0.15, -0.1) is 0 Å². The Kier molecular flexibility index (Phi) is 3.38. The number of nitrogens with two attached hydrogens (primary N) is 1. The first-order valence-corrected chi connectivity index (χ1v) is 8.48. The second-order valence-corrected chi connectivity index (χ2v) is 6.66. The molecule has 0 saturated carbocycles. The van der Waals surface area contributed by atoms with Crippen LogP contribution in [0.4, 0.5) is 0 Å². The molecule has 1 aromatic carbocycles. The van der Waals surface area contributed by atoms with Gasteiger partial charge in [-0.05, 0) is 31.0 Å². The molecule has 3 N–H and O–H groups in total. The van der Waals surface area contributed by atoms with Crippen LogP contribution in [-0.2, 0) is 28.2 Å². The standard InChI is InChI=1S/C18H22N4O2/c1-12(23)21-10-4-8-18(21,17(19)24)22-15-6-3-2-5-13(15)14-7-9-20-11-16(14)22/h2-3,5-6,20H,4,7-11H2,1H3,(H2,19,24). The first kappa shape index (κ1) is 15.2. The number of carbonyl (C=O) groups excluding carboxylic acids is 2. The Morgan fingerprint density at radius 2 is 2.08 bits per heavy atom. The highest BCUT2D eigenvalue weighted by Gasteiger charge is 2.51. The fourth-order valence-corrected chi connectivity index (χ4v) is 4.49. The number of para-hydroxylation sites is 1. The van der Waals surface area contributed by atoms with Crippen LogP contribution in [-0.4, -0.2) is 34.4 Å². The van der Waals surface area contributed by atoms with Crippen LogP contribution in [0.25, 0.3) is 10.9 Å². The zero-order chi connectivity index (χ0) is 16.9. The lowest BCUT2D eigenvalue weighted by atomic mass is 10.0. The number of amides is 2. The highest BCUT2D eigenvalue weighted by atomic mass is 16.2. The summed E-state index contributed by atoms with van der Waals surface area (Å²) in [6.45, 7) is 3.68. The molecule has 126 valence electrons. The molecule has 1 atom stereocenters. The van der Waals surface area contributed by atoms with Crippen molar-refractivity contribution < 1.29 is 9.59 Å². The van der Waals surface area contributed by atoms with Crippen LogP contribution in [0.2, 0.25) is 0 Å². The van der Waals surface area contributed by atoms with E-state index in [1.54, 1.807) is 4.90 Å². The molecule has 3 heterocycles. The van der Waals surface area contributed by atoms with Crippen LogP contribution in [0.15, 0.2) is 24.3 Å². The molecular weight excluding hydrogens is 304 g/mol. The molecule has 0 bridgehead atoms. The SMILES string of the molecule is CC(=O)N1CCCC1(C(N)=O)n1c2c(c3ccccc31)CCNC2. The van der Waals surface area contributed by atoms with Crippen molar-refractivity contribution in [1.82, 2.24) is 14.8 Å². The number of benzene rings is 1. The maximum Gasteiger partial charge on any atom is 0.264 e. The molecule has 1 aromatic heterocycles. The third kappa shape index (κ3) is 1.86. The summed E-state index contributed by atoms with van der Waals surface area (Å²) in [4.78, 5) is 26.6. The monoisotopic (exact) mass is 326 g/mol. The summed E-state index contributed by atoms with van der Waals surface area (Å²) in [5.74, 6) is -0.564. The summed E-state index contributed by atoms with van der Waals surface area (Å²) in [5.41, 5.74) is 8.13. The summed E-state index contributed by atoms with van der Waals surface area (Å²) in [7, 11) is 0. The van der Waals surface area contributed by atoms with Crippen molar-refractivity contribution in [2.45, 2.75) is 38.4 Å². The Hall–Kier alpha value is -2.34. The molecular formula is C18H22N4O2. The smallest absolute Gasteiger partial charge is 0.264 e. The molecule has 1 unspecified atom stereocenters. The lowest BCUT2D eigenvalue weighted by Gasteiger charge is -2.39. The van der Waals surface area contributed by atoms with E-state index in [2.05, 4.69) is 11.4 Å². The van der Waals surface area contributed by atoms with Gasteiger partial charge in [-0.25, -0.2) is 0 Å². The average Bonchev–Trinajstić information content (AvgIpc) is 3.14. The summed E-state index contributed by atoms with van der Waals surface area (Å²) in [5, 5.41) is 4.55. The predicted molar refractivity (Wildman–Crippen MR) is 91.1 cm³/mol. The van der Waals surface area contributed by atoms with Gasteiger partial charge in [-0.2, -0.15) is 0 Å². The number of carbonyl (C=O) groups is 2. The number of hydrogen-bond acceptors (Lipinski definition) is 3. The van der Waals surface area contributed by atoms with Gasteiger partial charge >= 0.3 is 0 Å². The number of fused-ring (bicyclic) bond motifs is 3. The van der Waals surface area contributed by atoms with Gasteiger partial charge in [-0.3, -0.25) is 9.59 Å². The van der Waals surface area contributed by atoms with Crippen LogP contribution in [0.1, 0.15) is 31.0 Å². The highest BCUT2D eigenvalue weighted by molar-refractivity contribution is 5.93.